The van der Waals surface area contributed by atoms with Gasteiger partial charge in [-0.15, -0.1) is 0 Å². The van der Waals surface area contributed by atoms with Crippen LogP contribution >= 0.6 is 0 Å². The van der Waals surface area contributed by atoms with E-state index in [-0.39, 0.29) is 53.2 Å². The molecular formula is C36H42O15. The standard InChI is InChI=1S/C36H42O15/c1-13-9-19-24(28(41)26-25(29(19)44-8)20(39)10-14(2)27(26)40)30-23(13)31-32-36(49-30,33(12-45-33)35(50-31,51-32)17(5)43-7)48-22-11-21(47-18(6)38)34(42,15(3)37)16(4)46-22/h9,14,16-17,20-22,31-32,39,41-42H,10-12H2,1-8H3/t14-,16?,17-,20-,21?,22?,31?,32?,33+,34?,35?,36+/m0/s1. The zero-order valence-electron chi connectivity index (χ0n) is 29.6. The molecule has 1 aliphatic carbocycles. The molecule has 0 aromatic heterocycles. The summed E-state index contributed by atoms with van der Waals surface area (Å²) in [5.74, 6) is -5.80. The van der Waals surface area contributed by atoms with Crippen LogP contribution in [0.2, 0.25) is 0 Å². The Morgan fingerprint density at radius 3 is 2.41 bits per heavy atom. The number of methoxy groups -OCH3 is 2. The molecular weight excluding hydrogens is 672 g/mol. The Hall–Kier alpha value is -3.41. The van der Waals surface area contributed by atoms with Gasteiger partial charge in [0.25, 0.3) is 5.79 Å². The Morgan fingerprint density at radius 1 is 1.10 bits per heavy atom. The van der Waals surface area contributed by atoms with Gasteiger partial charge in [-0.05, 0) is 45.7 Å². The number of epoxide rings is 1. The molecule has 2 aromatic rings. The summed E-state index contributed by atoms with van der Waals surface area (Å²) in [6.07, 6.45) is -7.58. The van der Waals surface area contributed by atoms with E-state index in [1.165, 1.54) is 35.0 Å². The van der Waals surface area contributed by atoms with E-state index in [4.69, 9.17) is 42.6 Å². The third-order valence-corrected chi connectivity index (χ3v) is 11.9. The van der Waals surface area contributed by atoms with Crippen LogP contribution in [0.15, 0.2) is 6.07 Å². The van der Waals surface area contributed by atoms with Crippen molar-refractivity contribution >= 4 is 28.3 Å². The van der Waals surface area contributed by atoms with Gasteiger partial charge in [0.2, 0.25) is 11.4 Å². The lowest BCUT2D eigenvalue weighted by molar-refractivity contribution is -0.374. The van der Waals surface area contributed by atoms with E-state index in [0.29, 0.717) is 16.5 Å². The van der Waals surface area contributed by atoms with Crippen LogP contribution in [0.1, 0.15) is 86.7 Å². The number of rotatable bonds is 7. The molecule has 3 N–H and O–H groups in total. The molecule has 15 nitrogen and oxygen atoms in total. The first kappa shape index (κ1) is 34.7. The van der Waals surface area contributed by atoms with Crippen LogP contribution in [0.3, 0.4) is 0 Å². The van der Waals surface area contributed by atoms with E-state index < -0.39 is 89.1 Å². The van der Waals surface area contributed by atoms with E-state index in [0.717, 1.165) is 0 Å². The van der Waals surface area contributed by atoms with Crippen LogP contribution in [-0.4, -0.2) is 107 Å². The fourth-order valence-corrected chi connectivity index (χ4v) is 9.21. The van der Waals surface area contributed by atoms with Crippen molar-refractivity contribution in [2.45, 2.75) is 120 Å². The maximum atomic E-state index is 13.6. The largest absolute Gasteiger partial charge is 0.506 e. The molecule has 5 aliphatic heterocycles. The zero-order chi connectivity index (χ0) is 36.7. The van der Waals surface area contributed by atoms with Crippen molar-refractivity contribution in [3.63, 3.8) is 0 Å². The molecule has 4 saturated heterocycles. The van der Waals surface area contributed by atoms with E-state index >= 15 is 0 Å². The van der Waals surface area contributed by atoms with E-state index in [9.17, 15) is 29.7 Å². The van der Waals surface area contributed by atoms with Crippen LogP contribution in [-0.2, 0) is 42.7 Å². The Labute approximate surface area is 292 Å². The zero-order valence-corrected chi connectivity index (χ0v) is 29.6. The van der Waals surface area contributed by atoms with Gasteiger partial charge >= 0.3 is 5.97 Å². The predicted octanol–water partition coefficient (Wildman–Crippen LogP) is 2.58. The summed E-state index contributed by atoms with van der Waals surface area (Å²) in [7, 11) is 2.93. The highest BCUT2D eigenvalue weighted by atomic mass is 16.9. The fraction of sp³-hybridized carbons (Fsp3) is 0.639. The Bertz CT molecular complexity index is 1890. The number of phenolic OH excluding ortho intramolecular Hbond substituents is 1. The third-order valence-electron chi connectivity index (χ3n) is 11.9. The molecule has 0 saturated carbocycles. The number of hydrogen-bond acceptors (Lipinski definition) is 15. The van der Waals surface area contributed by atoms with Crippen molar-refractivity contribution in [2.75, 3.05) is 20.8 Å². The lowest BCUT2D eigenvalue weighted by Gasteiger charge is -2.52. The summed E-state index contributed by atoms with van der Waals surface area (Å²) < 4.78 is 56.8. The average molecular weight is 715 g/mol. The molecule has 6 aliphatic rings. The molecule has 8 rings (SSSR count). The number of phenols is 1. The highest BCUT2D eigenvalue weighted by Gasteiger charge is 2.93. The summed E-state index contributed by atoms with van der Waals surface area (Å²) in [4.78, 5) is 38.5. The highest BCUT2D eigenvalue weighted by molar-refractivity contribution is 6.12. The smallest absolute Gasteiger partial charge is 0.303 e. The van der Waals surface area contributed by atoms with Crippen molar-refractivity contribution in [1.29, 1.82) is 0 Å². The van der Waals surface area contributed by atoms with Gasteiger partial charge in [-0.3, -0.25) is 14.4 Å². The lowest BCUT2D eigenvalue weighted by Crippen LogP contribution is -2.72. The lowest BCUT2D eigenvalue weighted by atomic mass is 9.76. The SMILES string of the molecule is COc1c2c(c(O)c3c4c(c(C)cc13)C1OC3([C@H](C)OC)OC1[C@@](OC1CC(OC(C)=O)C(O)(C(C)=O)C(C)O1)(O4)[C@@]31CO1)C(=O)[C@@H](C)C[C@@H]2O. The van der Waals surface area contributed by atoms with Crippen molar-refractivity contribution in [1.82, 2.24) is 0 Å². The molecule has 276 valence electrons. The summed E-state index contributed by atoms with van der Waals surface area (Å²) in [5, 5.41) is 35.1. The number of aliphatic hydroxyl groups is 2. The normalized spacial score (nSPS) is 40.8. The van der Waals surface area contributed by atoms with Crippen LogP contribution in [0, 0.1) is 12.8 Å². The number of aromatic hydroxyl groups is 1. The first-order valence-corrected chi connectivity index (χ1v) is 17.1. The number of fused-ring (bicyclic) bond motifs is 8. The molecule has 4 fully saturated rings. The van der Waals surface area contributed by atoms with E-state index in [1.807, 2.05) is 6.92 Å². The molecule has 5 heterocycles. The van der Waals surface area contributed by atoms with Crippen molar-refractivity contribution in [3.8, 4) is 17.2 Å². The highest BCUT2D eigenvalue weighted by Crippen LogP contribution is 2.72. The maximum absolute atomic E-state index is 13.6. The van der Waals surface area contributed by atoms with Crippen LogP contribution < -0.4 is 9.47 Å². The molecule has 15 heteroatoms. The minimum atomic E-state index is -2.16. The van der Waals surface area contributed by atoms with Gasteiger partial charge in [-0.2, -0.15) is 0 Å². The maximum Gasteiger partial charge on any atom is 0.303 e. The molecule has 2 bridgehead atoms. The predicted molar refractivity (Wildman–Crippen MR) is 171 cm³/mol. The summed E-state index contributed by atoms with van der Waals surface area (Å²) in [5.41, 5.74) is -2.30. The van der Waals surface area contributed by atoms with Gasteiger partial charge in [-0.1, -0.05) is 6.92 Å². The third kappa shape index (κ3) is 4.14. The number of carbonyl (C=O) groups is 3. The molecule has 51 heavy (non-hydrogen) atoms. The topological polar surface area (TPSA) is 198 Å². The van der Waals surface area contributed by atoms with Gasteiger partial charge < -0.3 is 58.0 Å². The molecule has 0 amide bonds. The van der Waals surface area contributed by atoms with Gasteiger partial charge in [0, 0.05) is 42.9 Å². The summed E-state index contributed by atoms with van der Waals surface area (Å²) in [6, 6.07) is 1.78. The quantitative estimate of drug-likeness (QED) is 0.279. The number of ketones is 2. The number of benzene rings is 2. The molecule has 12 atom stereocenters. The van der Waals surface area contributed by atoms with Gasteiger partial charge in [0.1, 0.15) is 35.6 Å². The number of aryl methyl sites for hydroxylation is 1. The number of Topliss-reactive ketones (excluding diaryl/α,β-unsaturated/α-hetero) is 2. The van der Waals surface area contributed by atoms with Gasteiger partial charge in [0.05, 0.1) is 36.9 Å². The van der Waals surface area contributed by atoms with Crippen molar-refractivity contribution < 1.29 is 72.3 Å². The Morgan fingerprint density at radius 2 is 1.80 bits per heavy atom. The summed E-state index contributed by atoms with van der Waals surface area (Å²) in [6.45, 7) is 9.13. The first-order valence-electron chi connectivity index (χ1n) is 17.1. The first-order chi connectivity index (χ1) is 24.0. The molecule has 7 unspecified atom stereocenters. The second-order valence-corrected chi connectivity index (χ2v) is 14.6. The van der Waals surface area contributed by atoms with Crippen LogP contribution in [0.5, 0.6) is 17.2 Å². The van der Waals surface area contributed by atoms with Crippen LogP contribution in [0.4, 0.5) is 0 Å². The van der Waals surface area contributed by atoms with Gasteiger partial charge in [0.15, 0.2) is 29.6 Å². The summed E-state index contributed by atoms with van der Waals surface area (Å²) >= 11 is 0. The fourth-order valence-electron chi connectivity index (χ4n) is 9.21. The molecule has 1 spiro atoms. The average Bonchev–Trinajstić information content (AvgIpc) is 3.73. The second kappa shape index (κ2) is 11.1. The van der Waals surface area contributed by atoms with Crippen LogP contribution in [0.25, 0.3) is 10.8 Å². The van der Waals surface area contributed by atoms with Crippen molar-refractivity contribution in [2.24, 2.45) is 5.92 Å². The molecule has 0 radical (unpaired) electrons. The van der Waals surface area contributed by atoms with E-state index in [1.54, 1.807) is 19.9 Å². The Kier molecular flexibility index (Phi) is 7.51. The minimum Gasteiger partial charge on any atom is -0.506 e. The monoisotopic (exact) mass is 714 g/mol. The second-order valence-electron chi connectivity index (χ2n) is 14.6. The number of carbonyl (C=O) groups excluding carboxylic acids is 3. The number of ether oxygens (including phenoxy) is 9. The van der Waals surface area contributed by atoms with Crippen molar-refractivity contribution in [3.05, 3.63) is 28.3 Å². The number of aliphatic hydroxyl groups excluding tert-OH is 1. The number of esters is 1. The minimum absolute atomic E-state index is 0.0307. The number of hydrogen-bond donors (Lipinski definition) is 3. The van der Waals surface area contributed by atoms with Gasteiger partial charge in [-0.25, -0.2) is 0 Å². The molecule has 2 aromatic carbocycles. The van der Waals surface area contributed by atoms with E-state index in [2.05, 4.69) is 0 Å². The Balaban J connectivity index is 1.34.